The molecule has 3 rings (SSSR count). The second-order valence-electron chi connectivity index (χ2n) is 4.79. The topological polar surface area (TPSA) is 79.3 Å². The van der Waals surface area contributed by atoms with Gasteiger partial charge in [0.25, 0.3) is 5.69 Å². The standard InChI is InChI=1S/C16H13N3O4/c1-23-15-8-6-13(7-9-15)18-11-10-17(16(18)20)12-2-4-14(5-3-12)19(21)22/h2-11H,1H3. The van der Waals surface area contributed by atoms with Gasteiger partial charge in [0.05, 0.1) is 23.4 Å². The van der Waals surface area contributed by atoms with Crippen molar-refractivity contribution in [1.82, 2.24) is 9.13 Å². The molecular weight excluding hydrogens is 298 g/mol. The Morgan fingerprint density at radius 3 is 1.83 bits per heavy atom. The summed E-state index contributed by atoms with van der Waals surface area (Å²) in [6.45, 7) is 0. The van der Waals surface area contributed by atoms with E-state index in [4.69, 9.17) is 4.74 Å². The highest BCUT2D eigenvalue weighted by molar-refractivity contribution is 5.42. The molecule has 0 atom stereocenters. The third-order valence-electron chi connectivity index (χ3n) is 3.47. The number of methoxy groups -OCH3 is 1. The maximum absolute atomic E-state index is 12.5. The number of nitro benzene ring substituents is 1. The number of rotatable bonds is 4. The molecule has 7 heteroatoms. The van der Waals surface area contributed by atoms with Crippen LogP contribution in [0.2, 0.25) is 0 Å². The van der Waals surface area contributed by atoms with Crippen molar-refractivity contribution in [3.8, 4) is 17.1 Å². The van der Waals surface area contributed by atoms with Crippen LogP contribution in [0, 0.1) is 10.1 Å². The van der Waals surface area contributed by atoms with Crippen molar-refractivity contribution in [2.45, 2.75) is 0 Å². The van der Waals surface area contributed by atoms with Crippen LogP contribution in [-0.2, 0) is 0 Å². The summed E-state index contributed by atoms with van der Waals surface area (Å²) in [6, 6.07) is 12.9. The van der Waals surface area contributed by atoms with E-state index in [1.165, 1.54) is 33.4 Å². The number of hydrogen-bond donors (Lipinski definition) is 0. The predicted molar refractivity (Wildman–Crippen MR) is 84.6 cm³/mol. The van der Waals surface area contributed by atoms with Crippen molar-refractivity contribution in [2.75, 3.05) is 7.11 Å². The smallest absolute Gasteiger partial charge is 0.337 e. The number of imidazole rings is 1. The largest absolute Gasteiger partial charge is 0.497 e. The lowest BCUT2D eigenvalue weighted by Gasteiger charge is -2.04. The molecule has 7 nitrogen and oxygen atoms in total. The van der Waals surface area contributed by atoms with E-state index in [-0.39, 0.29) is 11.4 Å². The Balaban J connectivity index is 1.98. The van der Waals surface area contributed by atoms with Crippen LogP contribution in [0.4, 0.5) is 5.69 Å². The molecule has 0 aliphatic rings. The third-order valence-corrected chi connectivity index (χ3v) is 3.47. The summed E-state index contributed by atoms with van der Waals surface area (Å²) in [7, 11) is 1.58. The second-order valence-corrected chi connectivity index (χ2v) is 4.79. The number of ether oxygens (including phenoxy) is 1. The van der Waals surface area contributed by atoms with Gasteiger partial charge in [0.15, 0.2) is 0 Å². The van der Waals surface area contributed by atoms with Crippen molar-refractivity contribution >= 4 is 5.69 Å². The summed E-state index contributed by atoms with van der Waals surface area (Å²) in [5.74, 6) is 0.705. The Labute approximate surface area is 131 Å². The summed E-state index contributed by atoms with van der Waals surface area (Å²) in [5.41, 5.74) is 0.990. The fraction of sp³-hybridized carbons (Fsp3) is 0.0625. The third kappa shape index (κ3) is 2.71. The highest BCUT2D eigenvalue weighted by atomic mass is 16.6. The molecule has 1 aromatic heterocycles. The maximum atomic E-state index is 12.5. The molecule has 0 amide bonds. The molecule has 0 unspecified atom stereocenters. The lowest BCUT2D eigenvalue weighted by atomic mass is 10.3. The van der Waals surface area contributed by atoms with Gasteiger partial charge in [-0.25, -0.2) is 4.79 Å². The molecule has 23 heavy (non-hydrogen) atoms. The first-order valence-corrected chi connectivity index (χ1v) is 6.79. The highest BCUT2D eigenvalue weighted by Gasteiger charge is 2.09. The van der Waals surface area contributed by atoms with Gasteiger partial charge in [-0.1, -0.05) is 0 Å². The van der Waals surface area contributed by atoms with E-state index in [1.807, 2.05) is 0 Å². The zero-order chi connectivity index (χ0) is 16.4. The van der Waals surface area contributed by atoms with Crippen molar-refractivity contribution in [3.63, 3.8) is 0 Å². The molecule has 3 aromatic rings. The van der Waals surface area contributed by atoms with Crippen LogP contribution in [0.15, 0.2) is 65.7 Å². The molecule has 0 radical (unpaired) electrons. The molecule has 0 spiro atoms. The minimum Gasteiger partial charge on any atom is -0.497 e. The first-order valence-electron chi connectivity index (χ1n) is 6.79. The van der Waals surface area contributed by atoms with Gasteiger partial charge < -0.3 is 4.74 Å². The number of nitro groups is 1. The van der Waals surface area contributed by atoms with Crippen molar-refractivity contribution in [1.29, 1.82) is 0 Å². The Morgan fingerprint density at radius 2 is 1.39 bits per heavy atom. The number of aromatic nitrogens is 2. The van der Waals surface area contributed by atoms with Gasteiger partial charge >= 0.3 is 5.69 Å². The monoisotopic (exact) mass is 311 g/mol. The molecule has 1 heterocycles. The summed E-state index contributed by atoms with van der Waals surface area (Å²) >= 11 is 0. The molecule has 0 bridgehead atoms. The van der Waals surface area contributed by atoms with E-state index in [0.29, 0.717) is 17.1 Å². The summed E-state index contributed by atoms with van der Waals surface area (Å²) < 4.78 is 8.00. The zero-order valence-electron chi connectivity index (χ0n) is 12.2. The molecule has 0 aliphatic carbocycles. The van der Waals surface area contributed by atoms with Crippen LogP contribution in [-0.4, -0.2) is 21.2 Å². The van der Waals surface area contributed by atoms with Gasteiger partial charge in [0, 0.05) is 24.5 Å². The van der Waals surface area contributed by atoms with Crippen molar-refractivity contribution < 1.29 is 9.66 Å². The Kier molecular flexibility index (Phi) is 3.68. The Bertz CT molecular complexity index is 892. The Hall–Kier alpha value is -3.35. The zero-order valence-corrected chi connectivity index (χ0v) is 12.2. The van der Waals surface area contributed by atoms with Crippen molar-refractivity contribution in [3.05, 3.63) is 81.5 Å². The summed E-state index contributed by atoms with van der Waals surface area (Å²) in [4.78, 5) is 22.7. The first-order chi connectivity index (χ1) is 11.1. The average molecular weight is 311 g/mol. The van der Waals surface area contributed by atoms with Crippen LogP contribution in [0.25, 0.3) is 11.4 Å². The number of nitrogens with zero attached hydrogens (tertiary/aromatic N) is 3. The SMILES string of the molecule is COc1ccc(-n2ccn(-c3ccc([N+](=O)[O-])cc3)c2=O)cc1. The molecule has 116 valence electrons. The van der Waals surface area contributed by atoms with Gasteiger partial charge in [-0.15, -0.1) is 0 Å². The molecule has 0 aliphatic heterocycles. The molecule has 0 fully saturated rings. The quantitative estimate of drug-likeness (QED) is 0.548. The van der Waals surface area contributed by atoms with Crippen LogP contribution >= 0.6 is 0 Å². The first kappa shape index (κ1) is 14.6. The van der Waals surface area contributed by atoms with E-state index in [1.54, 1.807) is 43.8 Å². The molecule has 2 aromatic carbocycles. The normalized spacial score (nSPS) is 10.5. The van der Waals surface area contributed by atoms with Crippen LogP contribution in [0.5, 0.6) is 5.75 Å². The molecule has 0 N–H and O–H groups in total. The van der Waals surface area contributed by atoms with Crippen LogP contribution in [0.1, 0.15) is 0 Å². The van der Waals surface area contributed by atoms with Gasteiger partial charge in [-0.2, -0.15) is 0 Å². The van der Waals surface area contributed by atoms with Crippen LogP contribution in [0.3, 0.4) is 0 Å². The Morgan fingerprint density at radius 1 is 0.913 bits per heavy atom. The number of non-ortho nitro benzene ring substituents is 1. The summed E-state index contributed by atoms with van der Waals surface area (Å²) in [6.07, 6.45) is 3.26. The minimum absolute atomic E-state index is 0.0172. The highest BCUT2D eigenvalue weighted by Crippen LogP contribution is 2.16. The fourth-order valence-electron chi connectivity index (χ4n) is 2.25. The van der Waals surface area contributed by atoms with Gasteiger partial charge in [-0.3, -0.25) is 19.2 Å². The van der Waals surface area contributed by atoms with Crippen LogP contribution < -0.4 is 10.4 Å². The van der Waals surface area contributed by atoms with E-state index < -0.39 is 4.92 Å². The van der Waals surface area contributed by atoms with Gasteiger partial charge in [-0.05, 0) is 36.4 Å². The number of benzene rings is 2. The molecule has 0 saturated carbocycles. The maximum Gasteiger partial charge on any atom is 0.337 e. The van der Waals surface area contributed by atoms with E-state index in [9.17, 15) is 14.9 Å². The summed E-state index contributed by atoms with van der Waals surface area (Å²) in [5, 5.41) is 10.7. The molecule has 0 saturated heterocycles. The fourth-order valence-corrected chi connectivity index (χ4v) is 2.25. The lowest BCUT2D eigenvalue weighted by molar-refractivity contribution is -0.384. The second kappa shape index (κ2) is 5.80. The van der Waals surface area contributed by atoms with E-state index in [0.717, 1.165) is 0 Å². The predicted octanol–water partition coefficient (Wildman–Crippen LogP) is 2.55. The van der Waals surface area contributed by atoms with Crippen molar-refractivity contribution in [2.24, 2.45) is 0 Å². The average Bonchev–Trinajstić information content (AvgIpc) is 2.96. The van der Waals surface area contributed by atoms with Gasteiger partial charge in [0.1, 0.15) is 5.75 Å². The minimum atomic E-state index is -0.477. The number of hydrogen-bond acceptors (Lipinski definition) is 4. The van der Waals surface area contributed by atoms with E-state index in [2.05, 4.69) is 0 Å². The molecular formula is C16H13N3O4. The lowest BCUT2D eigenvalue weighted by Crippen LogP contribution is -2.21. The van der Waals surface area contributed by atoms with Gasteiger partial charge in [0.2, 0.25) is 0 Å². The van der Waals surface area contributed by atoms with E-state index >= 15 is 0 Å².